The average molecular weight is 784 g/mol. The first kappa shape index (κ1) is 40.1. The lowest BCUT2D eigenvalue weighted by Gasteiger charge is -2.40. The number of piperazine rings is 1. The van der Waals surface area contributed by atoms with E-state index < -0.39 is 5.60 Å². The maximum atomic E-state index is 12.7. The van der Waals surface area contributed by atoms with Crippen molar-refractivity contribution in [1.82, 2.24) is 24.8 Å². The molecule has 296 valence electrons. The van der Waals surface area contributed by atoms with E-state index in [-0.39, 0.29) is 30.6 Å². The highest BCUT2D eigenvalue weighted by molar-refractivity contribution is 5.85. The third kappa shape index (κ3) is 10.2. The van der Waals surface area contributed by atoms with Crippen molar-refractivity contribution in [3.63, 3.8) is 0 Å². The SMILES string of the molecule is Cc1ccc2oc(N3CCCCC3COc3cccnc3)nc2c1.Cc1ccc2oc(N3CCN(C(=O)OC(C)(C)C)CC3COc3cccnc3)nc2c1.Cl. The predicted molar refractivity (Wildman–Crippen MR) is 218 cm³/mol. The van der Waals surface area contributed by atoms with Gasteiger partial charge in [0.25, 0.3) is 12.0 Å². The number of hydrogen-bond donors (Lipinski definition) is 0. The fraction of sp³-hybridized carbons (Fsp3) is 0.405. The van der Waals surface area contributed by atoms with Crippen molar-refractivity contribution in [1.29, 1.82) is 0 Å². The molecular weight excluding hydrogens is 734 g/mol. The van der Waals surface area contributed by atoms with Crippen LogP contribution in [0.3, 0.4) is 0 Å². The van der Waals surface area contributed by atoms with E-state index in [0.29, 0.717) is 50.6 Å². The summed E-state index contributed by atoms with van der Waals surface area (Å²) in [5.41, 5.74) is 5.08. The monoisotopic (exact) mass is 783 g/mol. The summed E-state index contributed by atoms with van der Waals surface area (Å²) in [7, 11) is 0. The van der Waals surface area contributed by atoms with E-state index in [0.717, 1.165) is 52.9 Å². The zero-order chi connectivity index (χ0) is 38.4. The molecule has 0 aliphatic carbocycles. The number of benzene rings is 2. The number of rotatable bonds is 8. The highest BCUT2D eigenvalue weighted by Crippen LogP contribution is 2.30. The zero-order valence-electron chi connectivity index (χ0n) is 32.6. The lowest BCUT2D eigenvalue weighted by atomic mass is 10.0. The molecule has 2 aliphatic rings. The van der Waals surface area contributed by atoms with E-state index in [1.165, 1.54) is 12.0 Å². The Kier molecular flexibility index (Phi) is 12.8. The average Bonchev–Trinajstić information content (AvgIpc) is 3.80. The Morgan fingerprint density at radius 3 is 1.84 bits per heavy atom. The highest BCUT2D eigenvalue weighted by Gasteiger charge is 2.35. The van der Waals surface area contributed by atoms with Crippen molar-refractivity contribution < 1.29 is 27.8 Å². The topological polar surface area (TPSA) is 132 Å². The van der Waals surface area contributed by atoms with Gasteiger partial charge in [0.2, 0.25) is 0 Å². The second-order valence-corrected chi connectivity index (χ2v) is 15.1. The van der Waals surface area contributed by atoms with Gasteiger partial charge in [0, 0.05) is 38.6 Å². The number of oxazole rings is 2. The number of aromatic nitrogens is 4. The van der Waals surface area contributed by atoms with Gasteiger partial charge in [-0.15, -0.1) is 12.4 Å². The first-order chi connectivity index (χ1) is 26.6. The van der Waals surface area contributed by atoms with Gasteiger partial charge in [0.15, 0.2) is 11.2 Å². The van der Waals surface area contributed by atoms with Crippen LogP contribution >= 0.6 is 12.4 Å². The molecule has 2 fully saturated rings. The minimum absolute atomic E-state index is 0. The number of carbonyl (C=O) groups is 1. The third-order valence-electron chi connectivity index (χ3n) is 9.47. The molecule has 0 radical (unpaired) electrons. The van der Waals surface area contributed by atoms with Crippen LogP contribution in [-0.4, -0.2) is 88.0 Å². The smallest absolute Gasteiger partial charge is 0.410 e. The molecule has 0 spiro atoms. The second-order valence-electron chi connectivity index (χ2n) is 15.1. The summed E-state index contributed by atoms with van der Waals surface area (Å²) < 4.78 is 29.5. The molecule has 2 saturated heterocycles. The van der Waals surface area contributed by atoms with Gasteiger partial charge in [-0.1, -0.05) is 12.1 Å². The van der Waals surface area contributed by atoms with Crippen LogP contribution in [0.5, 0.6) is 11.5 Å². The number of nitrogens with zero attached hydrogens (tertiary/aromatic N) is 7. The standard InChI is InChI=1S/C23H28N4O4.C19H21N3O2.ClH/c1-16-7-8-20-19(12-16)25-21(30-20)27-11-10-26(22(28)31-23(2,3)4)14-17(27)15-29-18-6-5-9-24-13-18;1-14-7-8-18-17(11-14)21-19(24-18)22-10-3-2-5-15(22)13-23-16-6-4-9-20-12-16;/h5-9,12-13,17H,10-11,14-15H2,1-4H3;4,6-9,11-12,15H,2-3,5,10,13H2,1H3;1H. The molecule has 13 nitrogen and oxygen atoms in total. The number of hydrogen-bond acceptors (Lipinski definition) is 12. The van der Waals surface area contributed by atoms with Crippen molar-refractivity contribution in [3.05, 3.63) is 96.6 Å². The van der Waals surface area contributed by atoms with Gasteiger partial charge in [-0.3, -0.25) is 9.97 Å². The van der Waals surface area contributed by atoms with E-state index in [9.17, 15) is 4.79 Å². The van der Waals surface area contributed by atoms with Gasteiger partial charge in [-0.25, -0.2) is 4.79 Å². The van der Waals surface area contributed by atoms with Crippen LogP contribution < -0.4 is 19.3 Å². The number of ether oxygens (including phenoxy) is 3. The van der Waals surface area contributed by atoms with Gasteiger partial charge in [-0.2, -0.15) is 9.97 Å². The van der Waals surface area contributed by atoms with Crippen LogP contribution in [0.1, 0.15) is 51.2 Å². The summed E-state index contributed by atoms with van der Waals surface area (Å²) >= 11 is 0. The van der Waals surface area contributed by atoms with Crippen LogP contribution in [0, 0.1) is 13.8 Å². The zero-order valence-corrected chi connectivity index (χ0v) is 33.4. The number of anilines is 2. The van der Waals surface area contributed by atoms with Gasteiger partial charge in [0.1, 0.15) is 41.3 Å². The molecule has 14 heteroatoms. The molecule has 0 saturated carbocycles. The van der Waals surface area contributed by atoms with Crippen molar-refractivity contribution >= 4 is 52.7 Å². The summed E-state index contributed by atoms with van der Waals surface area (Å²) in [5.74, 6) is 1.47. The maximum absolute atomic E-state index is 12.7. The van der Waals surface area contributed by atoms with E-state index in [1.54, 1.807) is 29.7 Å². The molecule has 4 aromatic heterocycles. The van der Waals surface area contributed by atoms with Gasteiger partial charge in [0.05, 0.1) is 24.5 Å². The Morgan fingerprint density at radius 2 is 1.30 bits per heavy atom. The number of fused-ring (bicyclic) bond motifs is 2. The highest BCUT2D eigenvalue weighted by atomic mass is 35.5. The van der Waals surface area contributed by atoms with Crippen LogP contribution in [0.25, 0.3) is 22.2 Å². The Hall–Kier alpha value is -5.56. The summed E-state index contributed by atoms with van der Waals surface area (Å²) in [6.07, 6.45) is 9.98. The number of piperidine rings is 1. The Morgan fingerprint density at radius 1 is 0.750 bits per heavy atom. The van der Waals surface area contributed by atoms with E-state index in [4.69, 9.17) is 28.0 Å². The minimum Gasteiger partial charge on any atom is -0.490 e. The van der Waals surface area contributed by atoms with Gasteiger partial charge in [-0.05, 0) is 114 Å². The molecule has 1 amide bonds. The van der Waals surface area contributed by atoms with Gasteiger partial charge < -0.3 is 37.7 Å². The summed E-state index contributed by atoms with van der Waals surface area (Å²) in [6.45, 7) is 13.1. The van der Waals surface area contributed by atoms with Crippen molar-refractivity contribution in [2.24, 2.45) is 0 Å². The lowest BCUT2D eigenvalue weighted by molar-refractivity contribution is 0.0198. The van der Waals surface area contributed by atoms with Crippen LogP contribution in [0.2, 0.25) is 0 Å². The third-order valence-corrected chi connectivity index (χ3v) is 9.47. The van der Waals surface area contributed by atoms with Crippen molar-refractivity contribution in [2.75, 3.05) is 49.2 Å². The fourth-order valence-corrected chi connectivity index (χ4v) is 6.71. The molecule has 6 heterocycles. The van der Waals surface area contributed by atoms with E-state index in [2.05, 4.69) is 43.8 Å². The minimum atomic E-state index is -0.548. The number of pyridine rings is 2. The molecule has 2 unspecified atom stereocenters. The number of aryl methyl sites for hydroxylation is 2. The lowest BCUT2D eigenvalue weighted by Crippen LogP contribution is -2.57. The largest absolute Gasteiger partial charge is 0.490 e. The number of halogens is 1. The van der Waals surface area contributed by atoms with Crippen molar-refractivity contribution in [3.8, 4) is 11.5 Å². The summed E-state index contributed by atoms with van der Waals surface area (Å²) in [4.78, 5) is 36.2. The Balaban J connectivity index is 0.000000192. The Bertz CT molecular complexity index is 2170. The van der Waals surface area contributed by atoms with E-state index >= 15 is 0 Å². The molecule has 0 bridgehead atoms. The first-order valence-electron chi connectivity index (χ1n) is 18.9. The normalized spacial score (nSPS) is 17.2. The van der Waals surface area contributed by atoms with Crippen LogP contribution in [0.4, 0.5) is 16.8 Å². The van der Waals surface area contributed by atoms with E-state index in [1.807, 2.05) is 76.2 Å². The number of carbonyl (C=O) groups excluding carboxylic acids is 1. The first-order valence-corrected chi connectivity index (χ1v) is 18.9. The summed E-state index contributed by atoms with van der Waals surface area (Å²) in [5, 5.41) is 0. The molecule has 2 atom stereocenters. The molecule has 8 rings (SSSR count). The van der Waals surface area contributed by atoms with Crippen LogP contribution in [-0.2, 0) is 4.74 Å². The van der Waals surface area contributed by atoms with Crippen molar-refractivity contribution in [2.45, 2.75) is 71.6 Å². The maximum Gasteiger partial charge on any atom is 0.410 e. The quantitative estimate of drug-likeness (QED) is 0.147. The van der Waals surface area contributed by atoms with Gasteiger partial charge >= 0.3 is 6.09 Å². The predicted octanol–water partition coefficient (Wildman–Crippen LogP) is 8.43. The molecule has 56 heavy (non-hydrogen) atoms. The summed E-state index contributed by atoms with van der Waals surface area (Å²) in [6, 6.07) is 20.9. The molecular formula is C42H50ClN7O6. The Labute approximate surface area is 333 Å². The fourth-order valence-electron chi connectivity index (χ4n) is 6.71. The molecule has 6 aromatic rings. The second kappa shape index (κ2) is 17.9. The molecule has 0 N–H and O–H groups in total. The number of amides is 1. The molecule has 2 aromatic carbocycles. The van der Waals surface area contributed by atoms with Crippen LogP contribution in [0.15, 0.2) is 94.3 Å². The molecule has 2 aliphatic heterocycles.